The number of aromatic nitrogens is 2. The van der Waals surface area contributed by atoms with Crippen molar-refractivity contribution in [3.63, 3.8) is 0 Å². The maximum Gasteiger partial charge on any atom is 0.253 e. The largest absolute Gasteiger partial charge is 0.368 e. The van der Waals surface area contributed by atoms with E-state index in [1.807, 2.05) is 6.07 Å². The molecule has 1 atom stereocenters. The van der Waals surface area contributed by atoms with Gasteiger partial charge in [0.05, 0.1) is 18.1 Å². The Labute approximate surface area is 153 Å². The van der Waals surface area contributed by atoms with E-state index in [4.69, 9.17) is 4.74 Å². The lowest BCUT2D eigenvalue weighted by molar-refractivity contribution is -0.124. The van der Waals surface area contributed by atoms with Gasteiger partial charge in [-0.2, -0.15) is 0 Å². The van der Waals surface area contributed by atoms with Gasteiger partial charge in [-0.25, -0.2) is 9.97 Å². The number of anilines is 3. The monoisotopic (exact) mass is 353 g/mol. The van der Waals surface area contributed by atoms with Crippen LogP contribution < -0.4 is 15.1 Å². The van der Waals surface area contributed by atoms with Crippen molar-refractivity contribution < 1.29 is 9.53 Å². The minimum atomic E-state index is -0.347. The number of rotatable bonds is 4. The summed E-state index contributed by atoms with van der Waals surface area (Å²) in [5.41, 5.74) is 1.86. The molecule has 2 saturated heterocycles. The summed E-state index contributed by atoms with van der Waals surface area (Å²) in [5, 5.41) is 2.83. The summed E-state index contributed by atoms with van der Waals surface area (Å²) in [7, 11) is 0. The van der Waals surface area contributed by atoms with Crippen molar-refractivity contribution in [1.29, 1.82) is 0 Å². The van der Waals surface area contributed by atoms with Crippen LogP contribution in [0.1, 0.15) is 12.8 Å². The minimum absolute atomic E-state index is 0.115. The first kappa shape index (κ1) is 16.8. The number of nitrogens with one attached hydrogen (secondary N) is 1. The Morgan fingerprint density at radius 2 is 1.73 bits per heavy atom. The third-order valence-electron chi connectivity index (χ3n) is 4.81. The summed E-state index contributed by atoms with van der Waals surface area (Å²) in [5.74, 6) is 0.586. The fourth-order valence-electron chi connectivity index (χ4n) is 3.36. The number of hydrogen-bond acceptors (Lipinski definition) is 6. The molecular weight excluding hydrogens is 330 g/mol. The number of ether oxygens (including phenoxy) is 1. The summed E-state index contributed by atoms with van der Waals surface area (Å²) in [6.45, 7) is 4.27. The number of benzene rings is 1. The predicted octanol–water partition coefficient (Wildman–Crippen LogP) is 1.92. The highest BCUT2D eigenvalue weighted by atomic mass is 16.5. The lowest BCUT2D eigenvalue weighted by atomic mass is 10.2. The van der Waals surface area contributed by atoms with E-state index in [1.165, 1.54) is 5.69 Å². The van der Waals surface area contributed by atoms with Gasteiger partial charge >= 0.3 is 0 Å². The van der Waals surface area contributed by atoms with E-state index in [9.17, 15) is 4.79 Å². The van der Waals surface area contributed by atoms with Crippen LogP contribution in [0.4, 0.5) is 17.3 Å². The molecule has 136 valence electrons. The number of carbonyl (C=O) groups is 1. The van der Waals surface area contributed by atoms with Crippen LogP contribution in [0.3, 0.4) is 0 Å². The Morgan fingerprint density at radius 1 is 1.04 bits per heavy atom. The Morgan fingerprint density at radius 3 is 2.38 bits per heavy atom. The van der Waals surface area contributed by atoms with E-state index in [2.05, 4.69) is 49.4 Å². The normalized spacial score (nSPS) is 20.2. The van der Waals surface area contributed by atoms with E-state index >= 15 is 0 Å². The second kappa shape index (κ2) is 7.70. The summed E-state index contributed by atoms with van der Waals surface area (Å²) in [4.78, 5) is 25.4. The second-order valence-electron chi connectivity index (χ2n) is 6.57. The molecular formula is C19H23N5O2. The molecule has 2 fully saturated rings. The van der Waals surface area contributed by atoms with Crippen molar-refractivity contribution in [3.05, 3.63) is 42.7 Å². The van der Waals surface area contributed by atoms with Gasteiger partial charge in [0.2, 0.25) is 5.95 Å². The van der Waals surface area contributed by atoms with Gasteiger partial charge in [0.1, 0.15) is 6.10 Å². The average Bonchev–Trinajstić information content (AvgIpc) is 3.25. The van der Waals surface area contributed by atoms with Gasteiger partial charge in [0, 0.05) is 38.5 Å². The van der Waals surface area contributed by atoms with Gasteiger partial charge in [-0.3, -0.25) is 4.79 Å². The van der Waals surface area contributed by atoms with Gasteiger partial charge in [-0.05, 0) is 25.0 Å². The van der Waals surface area contributed by atoms with E-state index in [1.54, 1.807) is 12.4 Å². The van der Waals surface area contributed by atoms with Gasteiger partial charge in [-0.1, -0.05) is 18.2 Å². The molecule has 7 heteroatoms. The molecule has 1 N–H and O–H groups in total. The van der Waals surface area contributed by atoms with Crippen molar-refractivity contribution in [2.24, 2.45) is 0 Å². The van der Waals surface area contributed by atoms with E-state index in [-0.39, 0.29) is 12.0 Å². The van der Waals surface area contributed by atoms with E-state index in [0.29, 0.717) is 18.2 Å². The van der Waals surface area contributed by atoms with Crippen LogP contribution in [-0.4, -0.2) is 54.8 Å². The summed E-state index contributed by atoms with van der Waals surface area (Å²) in [6, 6.07) is 10.4. The van der Waals surface area contributed by atoms with Crippen LogP contribution in [0.25, 0.3) is 0 Å². The zero-order valence-electron chi connectivity index (χ0n) is 14.7. The molecule has 0 saturated carbocycles. The molecule has 2 aliphatic heterocycles. The first-order valence-electron chi connectivity index (χ1n) is 9.09. The fourth-order valence-corrected chi connectivity index (χ4v) is 3.36. The Bertz CT molecular complexity index is 723. The molecule has 3 heterocycles. The van der Waals surface area contributed by atoms with Crippen molar-refractivity contribution in [1.82, 2.24) is 9.97 Å². The van der Waals surface area contributed by atoms with Crippen molar-refractivity contribution in [2.45, 2.75) is 18.9 Å². The van der Waals surface area contributed by atoms with Gasteiger partial charge in [0.15, 0.2) is 0 Å². The minimum Gasteiger partial charge on any atom is -0.368 e. The highest BCUT2D eigenvalue weighted by Crippen LogP contribution is 2.19. The molecule has 1 aromatic carbocycles. The van der Waals surface area contributed by atoms with E-state index in [0.717, 1.165) is 39.0 Å². The Hall–Kier alpha value is -2.67. The third-order valence-corrected chi connectivity index (χ3v) is 4.81. The van der Waals surface area contributed by atoms with Crippen LogP contribution in [0.5, 0.6) is 0 Å². The Balaban J connectivity index is 1.32. The van der Waals surface area contributed by atoms with Crippen LogP contribution in [0.2, 0.25) is 0 Å². The highest BCUT2D eigenvalue weighted by Gasteiger charge is 2.24. The fraction of sp³-hybridized carbons (Fsp3) is 0.421. The molecule has 1 amide bonds. The molecule has 0 spiro atoms. The molecule has 0 radical (unpaired) electrons. The standard InChI is InChI=1S/C19H23N5O2/c25-18(17-7-4-12-26-17)22-15-13-20-19(21-14-15)24-10-8-23(9-11-24)16-5-2-1-3-6-16/h1-3,5-6,13-14,17H,4,7-12H2,(H,22,25)/t17-/m1/s1. The second-order valence-corrected chi connectivity index (χ2v) is 6.57. The lowest BCUT2D eigenvalue weighted by Crippen LogP contribution is -2.47. The smallest absolute Gasteiger partial charge is 0.253 e. The average molecular weight is 353 g/mol. The molecule has 26 heavy (non-hydrogen) atoms. The summed E-state index contributed by atoms with van der Waals surface area (Å²) in [6.07, 6.45) is 4.69. The van der Waals surface area contributed by atoms with Crippen LogP contribution >= 0.6 is 0 Å². The van der Waals surface area contributed by atoms with Gasteiger partial charge in [0.25, 0.3) is 5.91 Å². The molecule has 0 aliphatic carbocycles. The molecule has 4 rings (SSSR count). The van der Waals surface area contributed by atoms with Crippen LogP contribution in [-0.2, 0) is 9.53 Å². The number of piperazine rings is 1. The quantitative estimate of drug-likeness (QED) is 0.906. The van der Waals surface area contributed by atoms with Crippen molar-refractivity contribution in [2.75, 3.05) is 47.9 Å². The Kier molecular flexibility index (Phi) is 4.97. The van der Waals surface area contributed by atoms with Crippen molar-refractivity contribution >= 4 is 23.2 Å². The lowest BCUT2D eigenvalue weighted by Gasteiger charge is -2.36. The number of carbonyl (C=O) groups excluding carboxylic acids is 1. The zero-order chi connectivity index (χ0) is 17.8. The first-order chi connectivity index (χ1) is 12.8. The number of para-hydroxylation sites is 1. The maximum atomic E-state index is 12.1. The molecule has 7 nitrogen and oxygen atoms in total. The number of amides is 1. The van der Waals surface area contributed by atoms with Gasteiger partial charge < -0.3 is 19.9 Å². The molecule has 0 unspecified atom stereocenters. The molecule has 0 bridgehead atoms. The molecule has 1 aromatic heterocycles. The van der Waals surface area contributed by atoms with Gasteiger partial charge in [-0.15, -0.1) is 0 Å². The number of hydrogen-bond donors (Lipinski definition) is 1. The predicted molar refractivity (Wildman–Crippen MR) is 101 cm³/mol. The molecule has 2 aromatic rings. The topological polar surface area (TPSA) is 70.6 Å². The highest BCUT2D eigenvalue weighted by molar-refractivity contribution is 5.94. The van der Waals surface area contributed by atoms with Crippen LogP contribution in [0.15, 0.2) is 42.7 Å². The first-order valence-corrected chi connectivity index (χ1v) is 9.09. The SMILES string of the molecule is O=C(Nc1cnc(N2CCN(c3ccccc3)CC2)nc1)[C@H]1CCCO1. The number of nitrogens with zero attached hydrogens (tertiary/aromatic N) is 4. The molecule has 2 aliphatic rings. The third kappa shape index (κ3) is 3.77. The van der Waals surface area contributed by atoms with E-state index < -0.39 is 0 Å². The summed E-state index contributed by atoms with van der Waals surface area (Å²) < 4.78 is 5.39. The maximum absolute atomic E-state index is 12.1. The van der Waals surface area contributed by atoms with Crippen molar-refractivity contribution in [3.8, 4) is 0 Å². The van der Waals surface area contributed by atoms with Crippen LogP contribution in [0, 0.1) is 0 Å². The zero-order valence-corrected chi connectivity index (χ0v) is 14.7. The summed E-state index contributed by atoms with van der Waals surface area (Å²) >= 11 is 0.